The number of hydrogen-bond donors (Lipinski definition) is 1. The molecule has 0 saturated heterocycles. The zero-order valence-electron chi connectivity index (χ0n) is 12.4. The van der Waals surface area contributed by atoms with Gasteiger partial charge in [0.2, 0.25) is 0 Å². The molecule has 0 aromatic heterocycles. The Bertz CT molecular complexity index is 446. The maximum absolute atomic E-state index is 13.1. The Morgan fingerprint density at radius 1 is 1.19 bits per heavy atom. The molecule has 0 fully saturated rings. The lowest BCUT2D eigenvalue weighted by molar-refractivity contribution is -0.140. The molecule has 0 aliphatic carbocycles. The molecule has 0 aliphatic rings. The second-order valence-electron chi connectivity index (χ2n) is 5.45. The number of hydrogen-bond acceptors (Lipinski definition) is 2. The molecular weight excluding hydrogens is 286 g/mol. The largest absolute Gasteiger partial charge is 0.489 e. The second kappa shape index (κ2) is 7.64. The Labute approximate surface area is 122 Å². The van der Waals surface area contributed by atoms with Crippen LogP contribution in [0.15, 0.2) is 18.2 Å². The molecule has 21 heavy (non-hydrogen) atoms. The minimum atomic E-state index is -4.72. The lowest BCUT2D eigenvalue weighted by atomic mass is 10.1. The van der Waals surface area contributed by atoms with Gasteiger partial charge in [-0.1, -0.05) is 13.8 Å². The maximum atomic E-state index is 13.1. The number of benzene rings is 1. The highest BCUT2D eigenvalue weighted by Crippen LogP contribution is 2.33. The van der Waals surface area contributed by atoms with Crippen LogP contribution < -0.4 is 10.1 Å². The lowest BCUT2D eigenvalue weighted by Crippen LogP contribution is -2.30. The van der Waals surface area contributed by atoms with Crippen LogP contribution in [0.5, 0.6) is 5.75 Å². The molecule has 1 aromatic rings. The van der Waals surface area contributed by atoms with E-state index in [2.05, 4.69) is 19.2 Å². The topological polar surface area (TPSA) is 21.3 Å². The molecule has 2 nitrogen and oxygen atoms in total. The molecule has 1 N–H and O–H groups in total. The van der Waals surface area contributed by atoms with Gasteiger partial charge in [0.1, 0.15) is 17.7 Å². The third kappa shape index (κ3) is 6.33. The molecule has 0 bridgehead atoms. The molecule has 0 aliphatic heterocycles. The van der Waals surface area contributed by atoms with Crippen molar-refractivity contribution in [3.8, 4) is 5.75 Å². The molecule has 0 saturated carbocycles. The van der Waals surface area contributed by atoms with Gasteiger partial charge in [-0.3, -0.25) is 0 Å². The van der Waals surface area contributed by atoms with E-state index in [9.17, 15) is 17.6 Å². The van der Waals surface area contributed by atoms with E-state index in [1.165, 1.54) is 6.07 Å². The van der Waals surface area contributed by atoms with Gasteiger partial charge < -0.3 is 10.1 Å². The Kier molecular flexibility index (Phi) is 6.45. The van der Waals surface area contributed by atoms with Crippen molar-refractivity contribution in [2.45, 2.75) is 39.5 Å². The van der Waals surface area contributed by atoms with Crippen LogP contribution in [0.4, 0.5) is 17.6 Å². The van der Waals surface area contributed by atoms with Gasteiger partial charge in [0.05, 0.1) is 5.56 Å². The third-order valence-electron chi connectivity index (χ3n) is 2.91. The van der Waals surface area contributed by atoms with Gasteiger partial charge in [-0.05, 0) is 44.0 Å². The van der Waals surface area contributed by atoms with Crippen LogP contribution in [0, 0.1) is 11.7 Å². The molecule has 1 unspecified atom stereocenters. The summed E-state index contributed by atoms with van der Waals surface area (Å²) >= 11 is 0. The fraction of sp³-hybridized carbons (Fsp3) is 0.600. The zero-order chi connectivity index (χ0) is 16.0. The van der Waals surface area contributed by atoms with E-state index in [1.54, 1.807) is 6.92 Å². The summed E-state index contributed by atoms with van der Waals surface area (Å²) in [4.78, 5) is 0. The van der Waals surface area contributed by atoms with Crippen molar-refractivity contribution in [3.63, 3.8) is 0 Å². The predicted octanol–water partition coefficient (Wildman–Crippen LogP) is 4.25. The van der Waals surface area contributed by atoms with Crippen LogP contribution >= 0.6 is 0 Å². The van der Waals surface area contributed by atoms with E-state index in [1.807, 2.05) is 0 Å². The highest BCUT2D eigenvalue weighted by atomic mass is 19.4. The van der Waals surface area contributed by atoms with Crippen LogP contribution in [0.1, 0.15) is 32.8 Å². The fourth-order valence-corrected chi connectivity index (χ4v) is 1.76. The summed E-state index contributed by atoms with van der Waals surface area (Å²) in [6.07, 6.45) is -4.01. The summed E-state index contributed by atoms with van der Waals surface area (Å²) in [6.45, 7) is 7.31. The summed E-state index contributed by atoms with van der Waals surface area (Å²) in [5.41, 5.74) is -1.31. The molecule has 1 aromatic carbocycles. The summed E-state index contributed by atoms with van der Waals surface area (Å²) in [7, 11) is 0. The summed E-state index contributed by atoms with van der Waals surface area (Å²) < 4.78 is 56.3. The van der Waals surface area contributed by atoms with E-state index < -0.39 is 17.6 Å². The summed E-state index contributed by atoms with van der Waals surface area (Å²) in [6, 6.07) is 2.67. The number of nitrogens with one attached hydrogen (secondary N) is 1. The Balaban J connectivity index is 2.55. The minimum Gasteiger partial charge on any atom is -0.489 e. The first-order valence-corrected chi connectivity index (χ1v) is 6.94. The van der Waals surface area contributed by atoms with E-state index in [0.29, 0.717) is 18.5 Å². The van der Waals surface area contributed by atoms with Gasteiger partial charge in [-0.25, -0.2) is 4.39 Å². The van der Waals surface area contributed by atoms with Crippen molar-refractivity contribution < 1.29 is 22.3 Å². The first-order valence-electron chi connectivity index (χ1n) is 6.94. The number of alkyl halides is 3. The van der Waals surface area contributed by atoms with Gasteiger partial charge in [0.25, 0.3) is 0 Å². The van der Waals surface area contributed by atoms with E-state index in [4.69, 9.17) is 4.74 Å². The van der Waals surface area contributed by atoms with Gasteiger partial charge in [-0.2, -0.15) is 13.2 Å². The molecular formula is C15H21F4NO. The molecule has 120 valence electrons. The fourth-order valence-electron chi connectivity index (χ4n) is 1.76. The molecule has 1 atom stereocenters. The first-order chi connectivity index (χ1) is 9.70. The zero-order valence-corrected chi connectivity index (χ0v) is 12.4. The minimum absolute atomic E-state index is 0.0156. The lowest BCUT2D eigenvalue weighted by Gasteiger charge is -2.17. The first kappa shape index (κ1) is 17.8. The van der Waals surface area contributed by atoms with E-state index in [-0.39, 0.29) is 11.9 Å². The monoisotopic (exact) mass is 307 g/mol. The van der Waals surface area contributed by atoms with Gasteiger partial charge in [0, 0.05) is 6.54 Å². The second-order valence-corrected chi connectivity index (χ2v) is 5.45. The van der Waals surface area contributed by atoms with Crippen LogP contribution in [-0.2, 0) is 6.18 Å². The Morgan fingerprint density at radius 2 is 1.86 bits per heavy atom. The number of ether oxygens (including phenoxy) is 1. The van der Waals surface area contributed by atoms with E-state index >= 15 is 0 Å². The Morgan fingerprint density at radius 3 is 2.43 bits per heavy atom. The van der Waals surface area contributed by atoms with Crippen LogP contribution in [0.3, 0.4) is 0 Å². The van der Waals surface area contributed by atoms with Crippen LogP contribution in [0.2, 0.25) is 0 Å². The standard InChI is InChI=1S/C15H21F4NO/c1-10(2)6-7-20-9-11(3)21-12-4-5-14(16)13(8-12)15(17,18)19/h4-5,8,10-11,20H,6-7,9H2,1-3H3. The predicted molar refractivity (Wildman–Crippen MR) is 73.8 cm³/mol. The van der Waals surface area contributed by atoms with Crippen molar-refractivity contribution in [2.24, 2.45) is 5.92 Å². The summed E-state index contributed by atoms with van der Waals surface area (Å²) in [5.74, 6) is -0.695. The quantitative estimate of drug-likeness (QED) is 0.601. The molecule has 0 spiro atoms. The normalized spacial score (nSPS) is 13.5. The van der Waals surface area contributed by atoms with E-state index in [0.717, 1.165) is 19.0 Å². The SMILES string of the molecule is CC(C)CCNCC(C)Oc1ccc(F)c(C(F)(F)F)c1. The highest BCUT2D eigenvalue weighted by molar-refractivity contribution is 5.31. The maximum Gasteiger partial charge on any atom is 0.419 e. The van der Waals surface area contributed by atoms with Crippen molar-refractivity contribution in [1.29, 1.82) is 0 Å². The molecule has 1 rings (SSSR count). The third-order valence-corrected chi connectivity index (χ3v) is 2.91. The van der Waals surface area contributed by atoms with Crippen molar-refractivity contribution in [3.05, 3.63) is 29.6 Å². The Hall–Kier alpha value is -1.30. The van der Waals surface area contributed by atoms with Crippen molar-refractivity contribution in [1.82, 2.24) is 5.32 Å². The molecule has 6 heteroatoms. The molecule has 0 radical (unpaired) electrons. The molecule has 0 amide bonds. The van der Waals surface area contributed by atoms with Gasteiger partial charge >= 0.3 is 6.18 Å². The van der Waals surface area contributed by atoms with Gasteiger partial charge in [0.15, 0.2) is 0 Å². The van der Waals surface area contributed by atoms with Gasteiger partial charge in [-0.15, -0.1) is 0 Å². The van der Waals surface area contributed by atoms with Crippen LogP contribution in [0.25, 0.3) is 0 Å². The molecule has 0 heterocycles. The highest BCUT2D eigenvalue weighted by Gasteiger charge is 2.34. The van der Waals surface area contributed by atoms with Crippen LogP contribution in [-0.4, -0.2) is 19.2 Å². The number of halogens is 4. The average Bonchev–Trinajstić information content (AvgIpc) is 2.35. The smallest absolute Gasteiger partial charge is 0.419 e. The van der Waals surface area contributed by atoms with Crippen molar-refractivity contribution >= 4 is 0 Å². The number of rotatable bonds is 7. The average molecular weight is 307 g/mol. The van der Waals surface area contributed by atoms with Crippen molar-refractivity contribution in [2.75, 3.05) is 13.1 Å². The summed E-state index contributed by atoms with van der Waals surface area (Å²) in [5, 5.41) is 3.17.